The number of amides is 1. The van der Waals surface area contributed by atoms with Crippen molar-refractivity contribution in [2.24, 2.45) is 11.8 Å². The molecule has 188 valence electrons. The summed E-state index contributed by atoms with van der Waals surface area (Å²) in [4.78, 5) is 44.2. The second kappa shape index (κ2) is 11.3. The lowest BCUT2D eigenvalue weighted by atomic mass is 9.67. The SMILES string of the molecule is Cc1c(C#N)cccc1C1C(C(=O)c2ccccc2)CN(CC(=O)N(C)C)CC1C(=O)c1ccccc1. The minimum absolute atomic E-state index is 0.0692. The molecule has 6 nitrogen and oxygen atoms in total. The second-order valence-electron chi connectivity index (χ2n) is 9.81. The van der Waals surface area contributed by atoms with Gasteiger partial charge in [0.15, 0.2) is 11.6 Å². The van der Waals surface area contributed by atoms with E-state index in [2.05, 4.69) is 6.07 Å². The van der Waals surface area contributed by atoms with Gasteiger partial charge in [-0.05, 0) is 24.1 Å². The van der Waals surface area contributed by atoms with Crippen LogP contribution < -0.4 is 0 Å². The van der Waals surface area contributed by atoms with E-state index in [0.29, 0.717) is 29.8 Å². The summed E-state index contributed by atoms with van der Waals surface area (Å²) in [6.45, 7) is 2.68. The number of piperidine rings is 1. The summed E-state index contributed by atoms with van der Waals surface area (Å²) >= 11 is 0. The predicted octanol–water partition coefficient (Wildman–Crippen LogP) is 4.35. The number of nitrogens with zero attached hydrogens (tertiary/aromatic N) is 3. The van der Waals surface area contributed by atoms with Crippen molar-refractivity contribution >= 4 is 17.5 Å². The highest BCUT2D eigenvalue weighted by Gasteiger charge is 2.45. The topological polar surface area (TPSA) is 81.5 Å². The fourth-order valence-electron chi connectivity index (χ4n) is 5.29. The Morgan fingerprint density at radius 3 is 1.81 bits per heavy atom. The quantitative estimate of drug-likeness (QED) is 0.457. The molecule has 3 aromatic carbocycles. The molecular formula is C31H31N3O3. The number of rotatable bonds is 7. The highest BCUT2D eigenvalue weighted by Crippen LogP contribution is 2.42. The average Bonchev–Trinajstić information content (AvgIpc) is 2.93. The van der Waals surface area contributed by atoms with Gasteiger partial charge in [0.1, 0.15) is 0 Å². The van der Waals surface area contributed by atoms with E-state index in [1.165, 1.54) is 4.90 Å². The van der Waals surface area contributed by atoms with Gasteiger partial charge in [0.05, 0.1) is 18.2 Å². The zero-order chi connectivity index (χ0) is 26.5. The van der Waals surface area contributed by atoms with E-state index in [1.807, 2.05) is 60.4 Å². The van der Waals surface area contributed by atoms with E-state index in [-0.39, 0.29) is 24.0 Å². The van der Waals surface area contributed by atoms with Crippen LogP contribution in [0.25, 0.3) is 0 Å². The molecule has 0 N–H and O–H groups in total. The maximum absolute atomic E-state index is 14.0. The van der Waals surface area contributed by atoms with Gasteiger partial charge < -0.3 is 4.90 Å². The molecule has 0 bridgehead atoms. The largest absolute Gasteiger partial charge is 0.348 e. The maximum Gasteiger partial charge on any atom is 0.236 e. The van der Waals surface area contributed by atoms with Crippen LogP contribution in [0.15, 0.2) is 78.9 Å². The third-order valence-electron chi connectivity index (χ3n) is 7.28. The van der Waals surface area contributed by atoms with Gasteiger partial charge in [-0.1, -0.05) is 72.8 Å². The first-order valence-electron chi connectivity index (χ1n) is 12.4. The number of carbonyl (C=O) groups is 3. The van der Waals surface area contributed by atoms with E-state index in [9.17, 15) is 19.6 Å². The van der Waals surface area contributed by atoms with Crippen LogP contribution in [-0.4, -0.2) is 61.0 Å². The number of nitriles is 1. The number of carbonyl (C=O) groups excluding carboxylic acids is 3. The summed E-state index contributed by atoms with van der Waals surface area (Å²) < 4.78 is 0. The molecule has 1 fully saturated rings. The van der Waals surface area contributed by atoms with Gasteiger partial charge in [-0.3, -0.25) is 19.3 Å². The molecule has 0 aromatic heterocycles. The Bertz CT molecular complexity index is 1270. The van der Waals surface area contributed by atoms with Crippen molar-refractivity contribution in [3.63, 3.8) is 0 Å². The standard InChI is InChI=1S/C31H31N3O3/c1-21-24(17-32)15-10-16-25(21)29-26(30(36)22-11-6-4-7-12-22)18-34(20-28(35)33(2)3)19-27(29)31(37)23-13-8-5-9-14-23/h4-16,26-27,29H,18-20H2,1-3H3. The van der Waals surface area contributed by atoms with Crippen LogP contribution in [0.5, 0.6) is 0 Å². The monoisotopic (exact) mass is 493 g/mol. The molecule has 1 aliphatic rings. The Morgan fingerprint density at radius 2 is 1.35 bits per heavy atom. The summed E-state index contributed by atoms with van der Waals surface area (Å²) in [6, 6.07) is 25.9. The van der Waals surface area contributed by atoms with E-state index >= 15 is 0 Å². The third kappa shape index (κ3) is 5.52. The zero-order valence-electron chi connectivity index (χ0n) is 21.4. The number of Topliss-reactive ketones (excluding diaryl/α,β-unsaturated/α-hetero) is 2. The first-order valence-corrected chi connectivity index (χ1v) is 12.4. The molecule has 0 spiro atoms. The number of hydrogen-bond donors (Lipinski definition) is 0. The minimum atomic E-state index is -0.573. The fourth-order valence-corrected chi connectivity index (χ4v) is 5.29. The normalized spacial score (nSPS) is 19.6. The third-order valence-corrected chi connectivity index (χ3v) is 7.28. The fraction of sp³-hybridized carbons (Fsp3) is 0.290. The number of ketones is 2. The van der Waals surface area contributed by atoms with Gasteiger partial charge in [0, 0.05) is 56.1 Å². The zero-order valence-corrected chi connectivity index (χ0v) is 21.4. The van der Waals surface area contributed by atoms with Gasteiger partial charge in [0.25, 0.3) is 0 Å². The lowest BCUT2D eigenvalue weighted by Gasteiger charge is -2.43. The molecule has 2 unspecified atom stereocenters. The molecular weight excluding hydrogens is 462 g/mol. The Kier molecular flexibility index (Phi) is 7.95. The molecule has 4 rings (SSSR count). The molecule has 1 heterocycles. The van der Waals surface area contributed by atoms with Crippen LogP contribution in [0.3, 0.4) is 0 Å². The van der Waals surface area contributed by atoms with E-state index in [4.69, 9.17) is 0 Å². The van der Waals surface area contributed by atoms with E-state index < -0.39 is 17.8 Å². The lowest BCUT2D eigenvalue weighted by Crippen LogP contribution is -2.52. The minimum Gasteiger partial charge on any atom is -0.348 e. The Morgan fingerprint density at radius 1 is 0.838 bits per heavy atom. The number of hydrogen-bond acceptors (Lipinski definition) is 5. The molecule has 6 heteroatoms. The summed E-state index contributed by atoms with van der Waals surface area (Å²) in [5.74, 6) is -1.81. The number of likely N-dealkylation sites (N-methyl/N-ethyl adjacent to an activating group) is 1. The molecule has 2 atom stereocenters. The van der Waals surface area contributed by atoms with Crippen molar-refractivity contribution < 1.29 is 14.4 Å². The molecule has 0 radical (unpaired) electrons. The van der Waals surface area contributed by atoms with Gasteiger partial charge in [-0.2, -0.15) is 5.26 Å². The van der Waals surface area contributed by atoms with Crippen LogP contribution in [0, 0.1) is 30.1 Å². The van der Waals surface area contributed by atoms with Crippen molar-refractivity contribution in [2.45, 2.75) is 12.8 Å². The van der Waals surface area contributed by atoms with Crippen molar-refractivity contribution in [2.75, 3.05) is 33.7 Å². The van der Waals surface area contributed by atoms with Crippen molar-refractivity contribution in [3.8, 4) is 6.07 Å². The maximum atomic E-state index is 14.0. The molecule has 37 heavy (non-hydrogen) atoms. The molecule has 1 saturated heterocycles. The molecule has 0 saturated carbocycles. The van der Waals surface area contributed by atoms with Crippen LogP contribution >= 0.6 is 0 Å². The predicted molar refractivity (Wildman–Crippen MR) is 142 cm³/mol. The molecule has 0 aliphatic carbocycles. The first kappa shape index (κ1) is 26.0. The van der Waals surface area contributed by atoms with E-state index in [0.717, 1.165) is 11.1 Å². The summed E-state index contributed by atoms with van der Waals surface area (Å²) in [5.41, 5.74) is 3.28. The van der Waals surface area contributed by atoms with Gasteiger partial charge in [-0.15, -0.1) is 0 Å². The molecule has 3 aromatic rings. The average molecular weight is 494 g/mol. The highest BCUT2D eigenvalue weighted by molar-refractivity contribution is 6.02. The molecule has 1 amide bonds. The molecule has 1 aliphatic heterocycles. The number of likely N-dealkylation sites (tertiary alicyclic amines) is 1. The summed E-state index contributed by atoms with van der Waals surface area (Å²) in [5, 5.41) is 9.71. The summed E-state index contributed by atoms with van der Waals surface area (Å²) in [7, 11) is 3.40. The Balaban J connectivity index is 1.87. The second-order valence-corrected chi connectivity index (χ2v) is 9.81. The van der Waals surface area contributed by atoms with Crippen molar-refractivity contribution in [3.05, 3.63) is 107 Å². The highest BCUT2D eigenvalue weighted by atomic mass is 16.2. The van der Waals surface area contributed by atoms with Crippen LogP contribution in [-0.2, 0) is 4.79 Å². The van der Waals surface area contributed by atoms with Gasteiger partial charge in [-0.25, -0.2) is 0 Å². The number of benzene rings is 3. The first-order chi connectivity index (χ1) is 17.8. The smallest absolute Gasteiger partial charge is 0.236 e. The van der Waals surface area contributed by atoms with Crippen molar-refractivity contribution in [1.29, 1.82) is 5.26 Å². The summed E-state index contributed by atoms with van der Waals surface area (Å²) in [6.07, 6.45) is 0. The van der Waals surface area contributed by atoms with Crippen LogP contribution in [0.1, 0.15) is 43.3 Å². The van der Waals surface area contributed by atoms with Crippen molar-refractivity contribution in [1.82, 2.24) is 9.80 Å². The Labute approximate surface area is 218 Å². The van der Waals surface area contributed by atoms with Crippen LogP contribution in [0.2, 0.25) is 0 Å². The van der Waals surface area contributed by atoms with Crippen LogP contribution in [0.4, 0.5) is 0 Å². The lowest BCUT2D eigenvalue weighted by molar-refractivity contribution is -0.130. The van der Waals surface area contributed by atoms with Gasteiger partial charge in [0.2, 0.25) is 5.91 Å². The van der Waals surface area contributed by atoms with Gasteiger partial charge >= 0.3 is 0 Å². The van der Waals surface area contributed by atoms with E-state index in [1.54, 1.807) is 44.4 Å². The Hall–Kier alpha value is -4.08.